The molecule has 8 nitrogen and oxygen atoms in total. The lowest BCUT2D eigenvalue weighted by Crippen LogP contribution is -2.40. The van der Waals surface area contributed by atoms with E-state index in [0.29, 0.717) is 0 Å². The molecule has 0 saturated carbocycles. The van der Waals surface area contributed by atoms with Crippen molar-refractivity contribution in [1.29, 1.82) is 0 Å². The number of halogens is 1. The molecule has 2 N–H and O–H groups in total. The summed E-state index contributed by atoms with van der Waals surface area (Å²) in [5, 5.41) is 8.89. The summed E-state index contributed by atoms with van der Waals surface area (Å²) in [4.78, 5) is 24.7. The number of hydrogen-bond acceptors (Lipinski definition) is 5. The second-order valence-corrected chi connectivity index (χ2v) is 7.06. The zero-order chi connectivity index (χ0) is 17.2. The topological polar surface area (TPSA) is 107 Å². The molecule has 1 aromatic rings. The first-order chi connectivity index (χ1) is 9.97. The molecule has 0 heterocycles. The highest BCUT2D eigenvalue weighted by Gasteiger charge is 2.23. The Labute approximate surface area is 133 Å². The number of nitrogens with one attached hydrogen (secondary N) is 1. The van der Waals surface area contributed by atoms with Crippen LogP contribution in [0.1, 0.15) is 20.7 Å². The number of benzene rings is 1. The van der Waals surface area contributed by atoms with Gasteiger partial charge in [0.15, 0.2) is 0 Å². The summed E-state index contributed by atoms with van der Waals surface area (Å²) in [7, 11) is 1.74. The Balaban J connectivity index is 3.38. The van der Waals surface area contributed by atoms with Crippen LogP contribution in [0.3, 0.4) is 0 Å². The van der Waals surface area contributed by atoms with Crippen molar-refractivity contribution in [2.45, 2.75) is 0 Å². The third kappa shape index (κ3) is 3.87. The van der Waals surface area contributed by atoms with Crippen molar-refractivity contribution in [3.63, 3.8) is 0 Å². The van der Waals surface area contributed by atoms with Crippen LogP contribution in [0.2, 0.25) is 5.02 Å². The Morgan fingerprint density at radius 1 is 1.14 bits per heavy atom. The Morgan fingerprint density at radius 2 is 1.68 bits per heavy atom. The van der Waals surface area contributed by atoms with Crippen molar-refractivity contribution < 1.29 is 23.1 Å². The van der Waals surface area contributed by atoms with Crippen molar-refractivity contribution in [1.82, 2.24) is 9.03 Å². The number of carboxylic acids is 1. The molecule has 1 amide bonds. The van der Waals surface area contributed by atoms with Crippen LogP contribution in [-0.4, -0.2) is 57.9 Å². The smallest absolute Gasteiger partial charge is 0.337 e. The number of aromatic carboxylic acids is 1. The zero-order valence-electron chi connectivity index (χ0n) is 12.4. The van der Waals surface area contributed by atoms with Gasteiger partial charge in [-0.1, -0.05) is 11.6 Å². The number of rotatable bonds is 5. The average molecular weight is 350 g/mol. The molecule has 22 heavy (non-hydrogen) atoms. The van der Waals surface area contributed by atoms with Crippen LogP contribution in [0.25, 0.3) is 0 Å². The second-order valence-electron chi connectivity index (χ2n) is 4.77. The van der Waals surface area contributed by atoms with E-state index in [-0.39, 0.29) is 21.8 Å². The van der Waals surface area contributed by atoms with Gasteiger partial charge in [-0.2, -0.15) is 12.7 Å². The standard InChI is InChI=1S/C12H16ClN3O5S/c1-15(2)10-6-7(12(18)19)9(13)5-8(10)11(17)14-22(20,21)16(3)4/h5-6H,1-4H3,(H,14,17)(H,18,19). The van der Waals surface area contributed by atoms with Crippen molar-refractivity contribution in [2.24, 2.45) is 0 Å². The van der Waals surface area contributed by atoms with Crippen LogP contribution in [0.4, 0.5) is 5.69 Å². The van der Waals surface area contributed by atoms with Crippen molar-refractivity contribution in [3.8, 4) is 0 Å². The SMILES string of the molecule is CN(C)c1cc(C(=O)O)c(Cl)cc1C(=O)NS(=O)(=O)N(C)C. The first-order valence-corrected chi connectivity index (χ1v) is 7.78. The molecule has 0 saturated heterocycles. The Bertz CT molecular complexity index is 716. The van der Waals surface area contributed by atoms with Crippen molar-refractivity contribution in [3.05, 3.63) is 28.3 Å². The molecule has 0 spiro atoms. The molecule has 0 fully saturated rings. The molecule has 10 heteroatoms. The number of amides is 1. The average Bonchev–Trinajstić information content (AvgIpc) is 2.36. The molecule has 0 atom stereocenters. The number of nitrogens with zero attached hydrogens (tertiary/aromatic N) is 2. The van der Waals surface area contributed by atoms with Gasteiger partial charge in [0.05, 0.1) is 16.1 Å². The van der Waals surface area contributed by atoms with Gasteiger partial charge in [-0.25, -0.2) is 9.52 Å². The highest BCUT2D eigenvalue weighted by atomic mass is 35.5. The van der Waals surface area contributed by atoms with E-state index in [1.165, 1.54) is 25.1 Å². The van der Waals surface area contributed by atoms with E-state index in [1.807, 2.05) is 4.72 Å². The molecule has 0 bridgehead atoms. The largest absolute Gasteiger partial charge is 0.478 e. The number of carbonyl (C=O) groups is 2. The van der Waals surface area contributed by atoms with E-state index in [1.54, 1.807) is 14.1 Å². The quantitative estimate of drug-likeness (QED) is 0.807. The molecule has 0 aliphatic rings. The summed E-state index contributed by atoms with van der Waals surface area (Å²) in [5.41, 5.74) is -0.00364. The molecule has 0 radical (unpaired) electrons. The maximum Gasteiger partial charge on any atom is 0.337 e. The maximum atomic E-state index is 12.2. The summed E-state index contributed by atoms with van der Waals surface area (Å²) >= 11 is 5.84. The minimum absolute atomic E-state index is 0.0505. The lowest BCUT2D eigenvalue weighted by molar-refractivity contribution is 0.0696. The fourth-order valence-electron chi connectivity index (χ4n) is 1.54. The van der Waals surface area contributed by atoms with Crippen LogP contribution in [0.15, 0.2) is 12.1 Å². The van der Waals surface area contributed by atoms with Gasteiger partial charge in [0.1, 0.15) is 0 Å². The highest BCUT2D eigenvalue weighted by Crippen LogP contribution is 2.27. The number of carbonyl (C=O) groups excluding carboxylic acids is 1. The van der Waals surface area contributed by atoms with E-state index in [2.05, 4.69) is 0 Å². The highest BCUT2D eigenvalue weighted by molar-refractivity contribution is 7.87. The van der Waals surface area contributed by atoms with Gasteiger partial charge in [-0.3, -0.25) is 4.79 Å². The fourth-order valence-corrected chi connectivity index (χ4v) is 2.31. The molecular formula is C12H16ClN3O5S. The first-order valence-electron chi connectivity index (χ1n) is 5.96. The lowest BCUT2D eigenvalue weighted by Gasteiger charge is -2.19. The predicted octanol–water partition coefficient (Wildman–Crippen LogP) is 0.640. The van der Waals surface area contributed by atoms with Crippen LogP contribution in [-0.2, 0) is 10.2 Å². The van der Waals surface area contributed by atoms with Crippen LogP contribution >= 0.6 is 11.6 Å². The molecule has 1 aromatic carbocycles. The third-order valence-electron chi connectivity index (χ3n) is 2.74. The minimum atomic E-state index is -3.97. The monoisotopic (exact) mass is 349 g/mol. The van der Waals surface area contributed by atoms with Gasteiger partial charge in [0.25, 0.3) is 5.91 Å². The van der Waals surface area contributed by atoms with Gasteiger partial charge in [0.2, 0.25) is 0 Å². The summed E-state index contributed by atoms with van der Waals surface area (Å²) in [5.74, 6) is -2.16. The van der Waals surface area contributed by atoms with Crippen LogP contribution < -0.4 is 9.62 Å². The summed E-state index contributed by atoms with van der Waals surface area (Å²) in [6, 6.07) is 2.34. The van der Waals surface area contributed by atoms with E-state index >= 15 is 0 Å². The van der Waals surface area contributed by atoms with Crippen molar-refractivity contribution >= 4 is 39.4 Å². The lowest BCUT2D eigenvalue weighted by atomic mass is 10.1. The van der Waals surface area contributed by atoms with Crippen LogP contribution in [0.5, 0.6) is 0 Å². The molecular weight excluding hydrogens is 334 g/mol. The molecule has 0 aromatic heterocycles. The van der Waals surface area contributed by atoms with E-state index < -0.39 is 22.1 Å². The molecule has 1 rings (SSSR count). The Hall–Kier alpha value is -1.84. The fraction of sp³-hybridized carbons (Fsp3) is 0.333. The normalized spacial score (nSPS) is 11.4. The number of anilines is 1. The van der Waals surface area contributed by atoms with E-state index in [4.69, 9.17) is 16.7 Å². The van der Waals surface area contributed by atoms with Gasteiger partial charge >= 0.3 is 16.2 Å². The summed E-state index contributed by atoms with van der Waals surface area (Å²) in [6.07, 6.45) is 0. The van der Waals surface area contributed by atoms with Gasteiger partial charge in [-0.15, -0.1) is 0 Å². The zero-order valence-corrected chi connectivity index (χ0v) is 14.0. The number of hydrogen-bond donors (Lipinski definition) is 2. The first kappa shape index (κ1) is 18.2. The van der Waals surface area contributed by atoms with E-state index in [9.17, 15) is 18.0 Å². The van der Waals surface area contributed by atoms with Gasteiger partial charge in [0, 0.05) is 33.9 Å². The maximum absolute atomic E-state index is 12.2. The van der Waals surface area contributed by atoms with E-state index in [0.717, 1.165) is 10.4 Å². The van der Waals surface area contributed by atoms with Gasteiger partial charge in [-0.05, 0) is 12.1 Å². The Kier molecular flexibility index (Phi) is 5.39. The minimum Gasteiger partial charge on any atom is -0.478 e. The summed E-state index contributed by atoms with van der Waals surface area (Å²) < 4.78 is 26.1. The molecule has 0 aliphatic heterocycles. The predicted molar refractivity (Wildman–Crippen MR) is 82.8 cm³/mol. The van der Waals surface area contributed by atoms with Gasteiger partial charge < -0.3 is 10.0 Å². The molecule has 0 unspecified atom stereocenters. The number of carboxylic acid groups (broad SMARTS) is 1. The van der Waals surface area contributed by atoms with Crippen LogP contribution in [0, 0.1) is 0 Å². The third-order valence-corrected chi connectivity index (χ3v) is 4.46. The van der Waals surface area contributed by atoms with Crippen molar-refractivity contribution in [2.75, 3.05) is 33.1 Å². The summed E-state index contributed by atoms with van der Waals surface area (Å²) in [6.45, 7) is 0. The Morgan fingerprint density at radius 3 is 2.09 bits per heavy atom. The molecule has 122 valence electrons. The molecule has 0 aliphatic carbocycles. The second kappa shape index (κ2) is 6.51.